The Hall–Kier alpha value is -3.22. The molecule has 0 bridgehead atoms. The molecule has 0 atom stereocenters. The average Bonchev–Trinajstić information content (AvgIpc) is 2.62. The van der Waals surface area contributed by atoms with Crippen LogP contribution >= 0.6 is 0 Å². The number of nitrogens with zero attached hydrogens (tertiary/aromatic N) is 2. The van der Waals surface area contributed by atoms with E-state index in [4.69, 9.17) is 0 Å². The molecule has 1 N–H and O–H groups in total. The Kier molecular flexibility index (Phi) is 6.84. The van der Waals surface area contributed by atoms with E-state index in [-0.39, 0.29) is 43.4 Å². The first-order valence-corrected chi connectivity index (χ1v) is 8.24. The third-order valence-corrected chi connectivity index (χ3v) is 3.89. The number of nitro groups is 1. The summed E-state index contributed by atoms with van der Waals surface area (Å²) in [6, 6.07) is 15.7. The van der Waals surface area contributed by atoms with Crippen LogP contribution in [0.15, 0.2) is 54.6 Å². The molecule has 0 heterocycles. The van der Waals surface area contributed by atoms with Crippen LogP contribution in [0.5, 0.6) is 0 Å². The third kappa shape index (κ3) is 5.70. The Morgan fingerprint density at radius 1 is 1.08 bits per heavy atom. The maximum absolute atomic E-state index is 12.2. The van der Waals surface area contributed by atoms with Gasteiger partial charge in [0.25, 0.3) is 5.69 Å². The number of para-hydroxylation sites is 1. The fourth-order valence-corrected chi connectivity index (χ4v) is 2.51. The van der Waals surface area contributed by atoms with Gasteiger partial charge in [0.1, 0.15) is 0 Å². The topological polar surface area (TPSA) is 92.5 Å². The third-order valence-electron chi connectivity index (χ3n) is 3.89. The number of hydrogen-bond acceptors (Lipinski definition) is 4. The molecule has 2 aromatic rings. The molecule has 0 saturated carbocycles. The normalized spacial score (nSPS) is 10.2. The molecule has 0 aliphatic carbocycles. The van der Waals surface area contributed by atoms with Crippen molar-refractivity contribution >= 4 is 17.5 Å². The molecule has 0 aliphatic heterocycles. The molecule has 2 rings (SSSR count). The second kappa shape index (κ2) is 9.31. The van der Waals surface area contributed by atoms with Gasteiger partial charge in [-0.3, -0.25) is 19.7 Å². The van der Waals surface area contributed by atoms with Gasteiger partial charge in [0.2, 0.25) is 11.8 Å². The second-order valence-electron chi connectivity index (χ2n) is 5.90. The molecule has 0 fully saturated rings. The van der Waals surface area contributed by atoms with Crippen LogP contribution in [0.3, 0.4) is 0 Å². The summed E-state index contributed by atoms with van der Waals surface area (Å²) in [5.41, 5.74) is 1.37. The number of benzene rings is 2. The van der Waals surface area contributed by atoms with Gasteiger partial charge >= 0.3 is 0 Å². The monoisotopic (exact) mass is 355 g/mol. The number of carbonyl (C=O) groups excluding carboxylic acids is 2. The molecule has 136 valence electrons. The average molecular weight is 355 g/mol. The summed E-state index contributed by atoms with van der Waals surface area (Å²) in [5.74, 6) is -0.339. The first kappa shape index (κ1) is 19.1. The molecule has 7 nitrogen and oxygen atoms in total. The predicted octanol–water partition coefficient (Wildman–Crippen LogP) is 2.30. The fourth-order valence-electron chi connectivity index (χ4n) is 2.51. The molecule has 0 aliphatic rings. The number of nitro benzene ring substituents is 1. The van der Waals surface area contributed by atoms with Crippen LogP contribution in [0.1, 0.15) is 17.5 Å². The minimum absolute atomic E-state index is 0.0108. The fraction of sp³-hybridized carbons (Fsp3) is 0.263. The predicted molar refractivity (Wildman–Crippen MR) is 97.3 cm³/mol. The summed E-state index contributed by atoms with van der Waals surface area (Å²) in [7, 11) is 1.59. The van der Waals surface area contributed by atoms with Crippen LogP contribution in [-0.2, 0) is 22.6 Å². The smallest absolute Gasteiger partial charge is 0.274 e. The lowest BCUT2D eigenvalue weighted by molar-refractivity contribution is -0.385. The highest BCUT2D eigenvalue weighted by Gasteiger charge is 2.16. The largest absolute Gasteiger partial charge is 0.355 e. The zero-order chi connectivity index (χ0) is 18.9. The van der Waals surface area contributed by atoms with Crippen LogP contribution < -0.4 is 5.32 Å². The minimum atomic E-state index is -0.461. The molecular weight excluding hydrogens is 334 g/mol. The number of amides is 2. The summed E-state index contributed by atoms with van der Waals surface area (Å²) in [6.07, 6.45) is 0.402. The first-order chi connectivity index (χ1) is 12.5. The zero-order valence-corrected chi connectivity index (χ0v) is 14.6. The van der Waals surface area contributed by atoms with Crippen molar-refractivity contribution < 1.29 is 14.5 Å². The van der Waals surface area contributed by atoms with Gasteiger partial charge in [-0.25, -0.2) is 0 Å². The highest BCUT2D eigenvalue weighted by molar-refractivity contribution is 5.80. The van der Waals surface area contributed by atoms with Crippen molar-refractivity contribution in [2.24, 2.45) is 0 Å². The van der Waals surface area contributed by atoms with Gasteiger partial charge in [-0.2, -0.15) is 0 Å². The van der Waals surface area contributed by atoms with Gasteiger partial charge in [-0.05, 0) is 5.56 Å². The number of carbonyl (C=O) groups is 2. The molecular formula is C19H21N3O4. The SMILES string of the molecule is CN(Cc1ccccc1[N+](=O)[O-])C(=O)CCNC(=O)Cc1ccccc1. The standard InChI is InChI=1S/C19H21N3O4/c1-21(14-16-9-5-6-10-17(16)22(25)26)19(24)11-12-20-18(23)13-15-7-3-2-4-8-15/h2-10H,11-14H2,1H3,(H,20,23). The molecule has 0 aromatic heterocycles. The number of nitrogens with one attached hydrogen (secondary N) is 1. The van der Waals surface area contributed by atoms with Gasteiger partial charge in [0.15, 0.2) is 0 Å². The maximum atomic E-state index is 12.2. The molecule has 2 amide bonds. The molecule has 7 heteroatoms. The van der Waals surface area contributed by atoms with E-state index in [0.717, 1.165) is 5.56 Å². The zero-order valence-electron chi connectivity index (χ0n) is 14.6. The van der Waals surface area contributed by atoms with Gasteiger partial charge in [-0.1, -0.05) is 48.5 Å². The summed E-state index contributed by atoms with van der Waals surface area (Å²) in [6.45, 7) is 0.375. The Bertz CT molecular complexity index is 777. The summed E-state index contributed by atoms with van der Waals surface area (Å²) >= 11 is 0. The Morgan fingerprint density at radius 3 is 2.42 bits per heavy atom. The first-order valence-electron chi connectivity index (χ1n) is 8.24. The van der Waals surface area contributed by atoms with Crippen LogP contribution in [0, 0.1) is 10.1 Å². The van der Waals surface area contributed by atoms with Crippen molar-refractivity contribution in [3.05, 3.63) is 75.8 Å². The highest BCUT2D eigenvalue weighted by Crippen LogP contribution is 2.19. The van der Waals surface area contributed by atoms with Crippen molar-refractivity contribution in [3.63, 3.8) is 0 Å². The van der Waals surface area contributed by atoms with E-state index in [1.807, 2.05) is 30.3 Å². The van der Waals surface area contributed by atoms with E-state index in [1.165, 1.54) is 11.0 Å². The van der Waals surface area contributed by atoms with E-state index < -0.39 is 4.92 Å². The quantitative estimate of drug-likeness (QED) is 0.581. The van der Waals surface area contributed by atoms with Crippen LogP contribution in [-0.4, -0.2) is 35.2 Å². The van der Waals surface area contributed by atoms with Crippen LogP contribution in [0.25, 0.3) is 0 Å². The van der Waals surface area contributed by atoms with Gasteiger partial charge in [-0.15, -0.1) is 0 Å². The molecule has 26 heavy (non-hydrogen) atoms. The lowest BCUT2D eigenvalue weighted by atomic mass is 10.1. The lowest BCUT2D eigenvalue weighted by Gasteiger charge is -2.17. The lowest BCUT2D eigenvalue weighted by Crippen LogP contribution is -2.32. The summed E-state index contributed by atoms with van der Waals surface area (Å²) < 4.78 is 0. The van der Waals surface area contributed by atoms with Crippen LogP contribution in [0.4, 0.5) is 5.69 Å². The van der Waals surface area contributed by atoms with Gasteiger partial charge in [0, 0.05) is 31.6 Å². The second-order valence-corrected chi connectivity index (χ2v) is 5.90. The summed E-state index contributed by atoms with van der Waals surface area (Å²) in [4.78, 5) is 36.0. The van der Waals surface area contributed by atoms with E-state index in [0.29, 0.717) is 5.56 Å². The van der Waals surface area contributed by atoms with Gasteiger partial charge < -0.3 is 10.2 Å². The Labute approximate surface area is 151 Å². The van der Waals surface area contributed by atoms with Crippen molar-refractivity contribution in [2.45, 2.75) is 19.4 Å². The molecule has 2 aromatic carbocycles. The molecule has 0 saturated heterocycles. The van der Waals surface area contributed by atoms with E-state index >= 15 is 0 Å². The minimum Gasteiger partial charge on any atom is -0.355 e. The summed E-state index contributed by atoms with van der Waals surface area (Å²) in [5, 5.41) is 13.7. The highest BCUT2D eigenvalue weighted by atomic mass is 16.6. The molecule has 0 radical (unpaired) electrons. The van der Waals surface area contributed by atoms with Crippen LogP contribution in [0.2, 0.25) is 0 Å². The molecule has 0 spiro atoms. The molecule has 0 unspecified atom stereocenters. The Morgan fingerprint density at radius 2 is 1.73 bits per heavy atom. The van der Waals surface area contributed by atoms with Crippen molar-refractivity contribution in [3.8, 4) is 0 Å². The Balaban J connectivity index is 1.79. The van der Waals surface area contributed by atoms with Gasteiger partial charge in [0.05, 0.1) is 17.9 Å². The van der Waals surface area contributed by atoms with Crippen molar-refractivity contribution in [1.29, 1.82) is 0 Å². The number of rotatable bonds is 8. The van der Waals surface area contributed by atoms with Crippen molar-refractivity contribution in [2.75, 3.05) is 13.6 Å². The number of hydrogen-bond donors (Lipinski definition) is 1. The van der Waals surface area contributed by atoms with E-state index in [9.17, 15) is 19.7 Å². The van der Waals surface area contributed by atoms with E-state index in [2.05, 4.69) is 5.32 Å². The maximum Gasteiger partial charge on any atom is 0.274 e. The van der Waals surface area contributed by atoms with Crippen molar-refractivity contribution in [1.82, 2.24) is 10.2 Å². The van der Waals surface area contributed by atoms with E-state index in [1.54, 1.807) is 25.2 Å².